The van der Waals surface area contributed by atoms with Gasteiger partial charge >= 0.3 is 0 Å². The fourth-order valence-corrected chi connectivity index (χ4v) is 2.57. The van der Waals surface area contributed by atoms with E-state index in [9.17, 15) is 4.79 Å². The summed E-state index contributed by atoms with van der Waals surface area (Å²) in [5.41, 5.74) is 6.39. The first kappa shape index (κ1) is 17.7. The molecular formula is C18H29NO2. The second kappa shape index (κ2) is 9.56. The zero-order chi connectivity index (χ0) is 15.7. The first-order valence-corrected chi connectivity index (χ1v) is 8.06. The smallest absolute Gasteiger partial charge is 0.163 e. The van der Waals surface area contributed by atoms with Crippen LogP contribution in [0.15, 0.2) is 24.3 Å². The van der Waals surface area contributed by atoms with Crippen LogP contribution < -0.4 is 10.5 Å². The van der Waals surface area contributed by atoms with Crippen molar-refractivity contribution in [3.05, 3.63) is 29.8 Å². The maximum atomic E-state index is 12.3. The molecule has 0 saturated heterocycles. The Balaban J connectivity index is 2.58. The fraction of sp³-hybridized carbons (Fsp3) is 0.611. The fourth-order valence-electron chi connectivity index (χ4n) is 2.57. The lowest BCUT2D eigenvalue weighted by Gasteiger charge is -2.14. The lowest BCUT2D eigenvalue weighted by molar-refractivity contribution is 0.0971. The Morgan fingerprint density at radius 3 is 2.62 bits per heavy atom. The second-order valence-electron chi connectivity index (χ2n) is 5.89. The lowest BCUT2D eigenvalue weighted by atomic mass is 9.92. The van der Waals surface area contributed by atoms with Gasteiger partial charge in [-0.1, -0.05) is 31.9 Å². The Hall–Kier alpha value is -1.35. The van der Waals surface area contributed by atoms with E-state index in [-0.39, 0.29) is 11.9 Å². The van der Waals surface area contributed by atoms with Crippen molar-refractivity contribution in [2.75, 3.05) is 6.54 Å². The summed E-state index contributed by atoms with van der Waals surface area (Å²) in [6, 6.07) is 7.49. The van der Waals surface area contributed by atoms with Crippen molar-refractivity contribution in [3.63, 3.8) is 0 Å². The van der Waals surface area contributed by atoms with E-state index in [0.29, 0.717) is 18.9 Å². The molecule has 1 rings (SSSR count). The Morgan fingerprint density at radius 1 is 1.24 bits per heavy atom. The molecule has 3 heteroatoms. The zero-order valence-electron chi connectivity index (χ0n) is 13.6. The van der Waals surface area contributed by atoms with Crippen molar-refractivity contribution in [1.29, 1.82) is 0 Å². The third-order valence-electron chi connectivity index (χ3n) is 3.58. The molecule has 21 heavy (non-hydrogen) atoms. The molecule has 3 nitrogen and oxygen atoms in total. The highest BCUT2D eigenvalue weighted by Crippen LogP contribution is 2.21. The Morgan fingerprint density at radius 2 is 2.00 bits per heavy atom. The molecule has 1 aromatic rings. The molecule has 0 spiro atoms. The minimum atomic E-state index is 0.119. The number of ketones is 1. The van der Waals surface area contributed by atoms with E-state index in [1.54, 1.807) is 0 Å². The first-order valence-electron chi connectivity index (χ1n) is 8.06. The molecule has 0 aliphatic heterocycles. The number of Topliss-reactive ketones (excluding diaryl/α,β-unsaturated/α-hetero) is 1. The molecule has 0 aromatic heterocycles. The van der Waals surface area contributed by atoms with Gasteiger partial charge in [0.15, 0.2) is 5.78 Å². The van der Waals surface area contributed by atoms with Crippen LogP contribution in [0.2, 0.25) is 0 Å². The van der Waals surface area contributed by atoms with Crippen molar-refractivity contribution in [2.24, 2.45) is 11.7 Å². The maximum Gasteiger partial charge on any atom is 0.163 e. The molecule has 1 unspecified atom stereocenters. The van der Waals surface area contributed by atoms with Gasteiger partial charge in [-0.15, -0.1) is 0 Å². The number of hydrogen-bond donors (Lipinski definition) is 1. The van der Waals surface area contributed by atoms with Crippen LogP contribution >= 0.6 is 0 Å². The van der Waals surface area contributed by atoms with Crippen LogP contribution in [-0.4, -0.2) is 18.4 Å². The van der Waals surface area contributed by atoms with Crippen molar-refractivity contribution in [2.45, 2.75) is 59.0 Å². The third kappa shape index (κ3) is 6.76. The number of benzene rings is 1. The normalized spacial score (nSPS) is 12.4. The standard InChI is InChI=1S/C18H29NO2/c1-4-6-15(11-12-19)9-10-18(20)16-7-5-8-17(13-16)21-14(2)3/h5,7-8,13-15H,4,6,9-12,19H2,1-3H3. The minimum Gasteiger partial charge on any atom is -0.491 e. The van der Waals surface area contributed by atoms with Crippen LogP contribution in [0.3, 0.4) is 0 Å². The van der Waals surface area contributed by atoms with Gasteiger partial charge in [-0.2, -0.15) is 0 Å². The molecule has 0 amide bonds. The topological polar surface area (TPSA) is 52.3 Å². The SMILES string of the molecule is CCCC(CCN)CCC(=O)c1cccc(OC(C)C)c1. The first-order chi connectivity index (χ1) is 10.1. The van der Waals surface area contributed by atoms with E-state index in [1.807, 2.05) is 38.1 Å². The highest BCUT2D eigenvalue weighted by molar-refractivity contribution is 5.96. The Labute approximate surface area is 128 Å². The van der Waals surface area contributed by atoms with Gasteiger partial charge in [-0.25, -0.2) is 0 Å². The van der Waals surface area contributed by atoms with Crippen molar-refractivity contribution < 1.29 is 9.53 Å². The quantitative estimate of drug-likeness (QED) is 0.657. The summed E-state index contributed by atoms with van der Waals surface area (Å²) in [6.07, 6.45) is 4.96. The van der Waals surface area contributed by atoms with Crippen LogP contribution in [0.1, 0.15) is 63.2 Å². The van der Waals surface area contributed by atoms with Gasteiger partial charge in [0.1, 0.15) is 5.75 Å². The third-order valence-corrected chi connectivity index (χ3v) is 3.58. The van der Waals surface area contributed by atoms with E-state index in [2.05, 4.69) is 6.92 Å². The summed E-state index contributed by atoms with van der Waals surface area (Å²) in [4.78, 5) is 12.3. The van der Waals surface area contributed by atoms with Crippen LogP contribution in [-0.2, 0) is 0 Å². The molecule has 0 fully saturated rings. The van der Waals surface area contributed by atoms with Crippen molar-refractivity contribution in [3.8, 4) is 5.75 Å². The lowest BCUT2D eigenvalue weighted by Crippen LogP contribution is -2.11. The van der Waals surface area contributed by atoms with Gasteiger partial charge < -0.3 is 10.5 Å². The van der Waals surface area contributed by atoms with Gasteiger partial charge in [0, 0.05) is 12.0 Å². The molecule has 0 aliphatic rings. The number of nitrogens with two attached hydrogens (primary N) is 1. The Bertz CT molecular complexity index is 423. The summed E-state index contributed by atoms with van der Waals surface area (Å²) >= 11 is 0. The van der Waals surface area contributed by atoms with E-state index in [1.165, 1.54) is 0 Å². The predicted octanol–water partition coefficient (Wildman–Crippen LogP) is 4.20. The molecule has 2 N–H and O–H groups in total. The summed E-state index contributed by atoms with van der Waals surface area (Å²) in [6.45, 7) is 6.85. The molecule has 0 saturated carbocycles. The highest BCUT2D eigenvalue weighted by atomic mass is 16.5. The van der Waals surface area contributed by atoms with Crippen LogP contribution in [0.25, 0.3) is 0 Å². The van der Waals surface area contributed by atoms with Gasteiger partial charge in [-0.3, -0.25) is 4.79 Å². The summed E-state index contributed by atoms with van der Waals surface area (Å²) in [7, 11) is 0. The molecule has 118 valence electrons. The Kier molecular flexibility index (Phi) is 8.06. The van der Waals surface area contributed by atoms with Gasteiger partial charge in [0.05, 0.1) is 6.10 Å². The summed E-state index contributed by atoms with van der Waals surface area (Å²) < 4.78 is 5.64. The van der Waals surface area contributed by atoms with E-state index in [4.69, 9.17) is 10.5 Å². The van der Waals surface area contributed by atoms with Crippen molar-refractivity contribution in [1.82, 2.24) is 0 Å². The average Bonchev–Trinajstić information content (AvgIpc) is 2.44. The molecule has 1 aromatic carbocycles. The molecule has 1 atom stereocenters. The molecule has 0 heterocycles. The van der Waals surface area contributed by atoms with Gasteiger partial charge in [-0.05, 0) is 51.3 Å². The predicted molar refractivity (Wildman–Crippen MR) is 87.8 cm³/mol. The molecular weight excluding hydrogens is 262 g/mol. The number of ether oxygens (including phenoxy) is 1. The summed E-state index contributed by atoms with van der Waals surface area (Å²) in [5.74, 6) is 1.53. The number of carbonyl (C=O) groups excluding carboxylic acids is 1. The minimum absolute atomic E-state index is 0.119. The van der Waals surface area contributed by atoms with Crippen LogP contribution in [0.5, 0.6) is 5.75 Å². The molecule has 0 radical (unpaired) electrons. The van der Waals surface area contributed by atoms with Crippen molar-refractivity contribution >= 4 is 5.78 Å². The highest BCUT2D eigenvalue weighted by Gasteiger charge is 2.12. The summed E-state index contributed by atoms with van der Waals surface area (Å²) in [5, 5.41) is 0. The van der Waals surface area contributed by atoms with Crippen LogP contribution in [0.4, 0.5) is 0 Å². The molecule has 0 bridgehead atoms. The van der Waals surface area contributed by atoms with E-state index < -0.39 is 0 Å². The average molecular weight is 291 g/mol. The van der Waals surface area contributed by atoms with E-state index in [0.717, 1.165) is 37.0 Å². The largest absolute Gasteiger partial charge is 0.491 e. The van der Waals surface area contributed by atoms with Gasteiger partial charge in [0.2, 0.25) is 0 Å². The van der Waals surface area contributed by atoms with Gasteiger partial charge in [0.25, 0.3) is 0 Å². The second-order valence-corrected chi connectivity index (χ2v) is 5.89. The number of hydrogen-bond acceptors (Lipinski definition) is 3. The number of carbonyl (C=O) groups is 1. The number of rotatable bonds is 10. The zero-order valence-corrected chi connectivity index (χ0v) is 13.6. The monoisotopic (exact) mass is 291 g/mol. The van der Waals surface area contributed by atoms with E-state index >= 15 is 0 Å². The van der Waals surface area contributed by atoms with Crippen LogP contribution in [0, 0.1) is 5.92 Å². The maximum absolute atomic E-state index is 12.3. The molecule has 0 aliphatic carbocycles.